The number of rotatable bonds is 11. The molecule has 8 rings (SSSR count). The molecule has 0 atom stereocenters. The van der Waals surface area contributed by atoms with E-state index in [-0.39, 0.29) is 104 Å². The number of carbonyl (C=O) groups excluding carboxylic acids is 1. The van der Waals surface area contributed by atoms with Crippen LogP contribution in [-0.4, -0.2) is 72.6 Å². The molecule has 0 saturated heterocycles. The van der Waals surface area contributed by atoms with E-state index in [0.29, 0.717) is 16.5 Å². The van der Waals surface area contributed by atoms with E-state index in [1.165, 1.54) is 123 Å². The molecule has 0 spiro atoms. The molecule has 0 fully saturated rings. The van der Waals surface area contributed by atoms with Crippen LogP contribution in [0, 0.1) is 23.3 Å². The number of hydrogen-bond donors (Lipinski definition) is 1. The van der Waals surface area contributed by atoms with Crippen LogP contribution in [0.1, 0.15) is 27.6 Å². The molecule has 0 aliphatic rings. The smallest absolute Gasteiger partial charge is 0.870 e. The predicted molar refractivity (Wildman–Crippen MR) is 245 cm³/mol. The quantitative estimate of drug-likeness (QED) is 0.0763. The van der Waals surface area contributed by atoms with Gasteiger partial charge in [0.25, 0.3) is 0 Å². The third-order valence-electron chi connectivity index (χ3n) is 10.5. The number of carboxylic acids is 1. The second-order valence-electron chi connectivity index (χ2n) is 14.8. The van der Waals surface area contributed by atoms with Crippen LogP contribution in [0.2, 0.25) is 0 Å². The fourth-order valence-corrected chi connectivity index (χ4v) is 8.18. The summed E-state index contributed by atoms with van der Waals surface area (Å²) in [4.78, 5) is 25.1. The molecule has 0 radical (unpaired) electrons. The van der Waals surface area contributed by atoms with E-state index in [2.05, 4.69) is 0 Å². The fourth-order valence-electron chi connectivity index (χ4n) is 7.16. The normalized spacial score (nSPS) is 11.2. The maximum atomic E-state index is 14.8. The van der Waals surface area contributed by atoms with Gasteiger partial charge in [0, 0.05) is 70.4 Å². The Morgan fingerprint density at radius 2 is 0.956 bits per heavy atom. The van der Waals surface area contributed by atoms with Crippen LogP contribution in [0.15, 0.2) is 130 Å². The number of benzene rings is 6. The molecule has 0 saturated carbocycles. The van der Waals surface area contributed by atoms with Crippen LogP contribution in [0.25, 0.3) is 66.8 Å². The Bertz CT molecular complexity index is 3420. The van der Waals surface area contributed by atoms with Crippen LogP contribution in [-0.2, 0) is 24.8 Å². The summed E-state index contributed by atoms with van der Waals surface area (Å²) in [6, 6.07) is 27.8. The Morgan fingerprint density at radius 1 is 0.588 bits per heavy atom. The molecule has 0 aliphatic carbocycles. The molecule has 8 aromatic rings. The standard InChI is InChI=1S/C25H21F2NO5S.C23H17F2NO5S.Li.H2O/c1-4-32-25(29)23-19-13-18(17-7-5-6-8-20(17)27)21(28(2)34(3,30)31)14-22(19)33-24(23)15-9-11-16(26)12-10-15;1-26(32(2,29)30)19-12-20-17(11-16(19)15-5-3-4-6-18(15)25)21(23(27)28)22(31-20)13-7-9-14(24)10-8-13;;/h5-14H,4H2,1-3H3;3-12H,1-2H3,(H,27,28);;1H2/q;;+1;/p-1. The summed E-state index contributed by atoms with van der Waals surface area (Å²) in [5.41, 5.74) is 1.85. The first-order valence-electron chi connectivity index (χ1n) is 19.7. The van der Waals surface area contributed by atoms with Gasteiger partial charge in [0.05, 0.1) is 30.5 Å². The summed E-state index contributed by atoms with van der Waals surface area (Å²) in [6.45, 7) is 1.76. The average molecular weight is 967 g/mol. The molecular weight excluding hydrogens is 928 g/mol. The van der Waals surface area contributed by atoms with Crippen LogP contribution >= 0.6 is 0 Å². The zero-order valence-electron chi connectivity index (χ0n) is 37.0. The molecule has 2 aromatic heterocycles. The molecule has 348 valence electrons. The van der Waals surface area contributed by atoms with Gasteiger partial charge in [0.1, 0.15) is 57.1 Å². The van der Waals surface area contributed by atoms with Crippen molar-refractivity contribution in [3.63, 3.8) is 0 Å². The van der Waals surface area contributed by atoms with Crippen molar-refractivity contribution in [3.8, 4) is 44.9 Å². The zero-order chi connectivity index (χ0) is 47.8. The van der Waals surface area contributed by atoms with Crippen molar-refractivity contribution in [2.45, 2.75) is 6.92 Å². The second kappa shape index (κ2) is 20.5. The number of nitrogens with zero attached hydrogens (tertiary/aromatic N) is 2. The zero-order valence-corrected chi connectivity index (χ0v) is 38.7. The van der Waals surface area contributed by atoms with Gasteiger partial charge in [-0.3, -0.25) is 8.61 Å². The second-order valence-corrected chi connectivity index (χ2v) is 18.8. The van der Waals surface area contributed by atoms with E-state index in [1.54, 1.807) is 19.1 Å². The Labute approximate surface area is 399 Å². The first-order chi connectivity index (χ1) is 31.2. The number of anilines is 2. The SMILES string of the molecule is CCOC(=O)c1c(-c2ccc(F)cc2)oc2cc(N(C)S(C)(=O)=O)c(-c3ccccc3F)cc12.CN(c1cc2oc(-c3ccc(F)cc3)c(C(=O)O)c2cc1-c1ccccc1F)S(C)(=O)=O.[Li+].[OH-]. The first kappa shape index (κ1) is 52.1. The third-order valence-corrected chi connectivity index (χ3v) is 12.9. The van der Waals surface area contributed by atoms with E-state index in [9.17, 15) is 49.1 Å². The van der Waals surface area contributed by atoms with Gasteiger partial charge in [-0.15, -0.1) is 0 Å². The maximum Gasteiger partial charge on any atom is 1.00 e. The number of carbonyl (C=O) groups is 2. The number of halogens is 4. The van der Waals surface area contributed by atoms with Crippen molar-refractivity contribution in [1.29, 1.82) is 0 Å². The summed E-state index contributed by atoms with van der Waals surface area (Å²) in [7, 11) is -4.80. The van der Waals surface area contributed by atoms with E-state index in [0.717, 1.165) is 21.1 Å². The number of aromatic carboxylic acids is 1. The minimum atomic E-state index is -3.73. The number of esters is 1. The van der Waals surface area contributed by atoms with Crippen molar-refractivity contribution in [2.24, 2.45) is 0 Å². The summed E-state index contributed by atoms with van der Waals surface area (Å²) in [5, 5.41) is 10.3. The average Bonchev–Trinajstić information content (AvgIpc) is 3.84. The molecule has 0 amide bonds. The predicted octanol–water partition coefficient (Wildman–Crippen LogP) is 7.58. The molecule has 0 unspecified atom stereocenters. The topological polar surface area (TPSA) is 195 Å². The largest absolute Gasteiger partial charge is 1.00 e. The van der Waals surface area contributed by atoms with E-state index >= 15 is 0 Å². The molecule has 68 heavy (non-hydrogen) atoms. The Hall–Kier alpha value is -6.88. The Kier molecular flexibility index (Phi) is 15.7. The number of sulfonamides is 2. The summed E-state index contributed by atoms with van der Waals surface area (Å²) in [5.74, 6) is -3.99. The maximum absolute atomic E-state index is 14.8. The van der Waals surface area contributed by atoms with Gasteiger partial charge in [-0.05, 0) is 79.7 Å². The number of fused-ring (bicyclic) bond motifs is 2. The summed E-state index contributed by atoms with van der Waals surface area (Å²) < 4.78 is 124. The van der Waals surface area contributed by atoms with E-state index < -0.39 is 55.3 Å². The van der Waals surface area contributed by atoms with Gasteiger partial charge >= 0.3 is 30.8 Å². The van der Waals surface area contributed by atoms with Gasteiger partial charge < -0.3 is 24.2 Å². The molecule has 0 bridgehead atoms. The van der Waals surface area contributed by atoms with Crippen molar-refractivity contribution >= 4 is 65.3 Å². The van der Waals surface area contributed by atoms with Crippen LogP contribution in [0.4, 0.5) is 28.9 Å². The third kappa shape index (κ3) is 10.5. The minimum absolute atomic E-state index is 0. The van der Waals surface area contributed by atoms with Gasteiger partial charge in [-0.2, -0.15) is 0 Å². The minimum Gasteiger partial charge on any atom is -0.870 e. The molecule has 6 aromatic carbocycles. The Balaban J connectivity index is 0.000000247. The van der Waals surface area contributed by atoms with Crippen LogP contribution in [0.5, 0.6) is 0 Å². The summed E-state index contributed by atoms with van der Waals surface area (Å²) >= 11 is 0. The molecule has 20 heteroatoms. The fraction of sp³-hybridized carbons (Fsp3) is 0.125. The van der Waals surface area contributed by atoms with Crippen molar-refractivity contribution < 1.29 is 87.0 Å². The van der Waals surface area contributed by atoms with Crippen LogP contribution in [0.3, 0.4) is 0 Å². The van der Waals surface area contributed by atoms with Gasteiger partial charge in [-0.1, -0.05) is 36.4 Å². The van der Waals surface area contributed by atoms with Crippen molar-refractivity contribution in [3.05, 3.63) is 156 Å². The monoisotopic (exact) mass is 966 g/mol. The van der Waals surface area contributed by atoms with Crippen molar-refractivity contribution in [2.75, 3.05) is 41.8 Å². The molecule has 2 N–H and O–H groups in total. The number of furan rings is 2. The van der Waals surface area contributed by atoms with Gasteiger partial charge in [0.2, 0.25) is 20.0 Å². The van der Waals surface area contributed by atoms with Gasteiger partial charge in [-0.25, -0.2) is 44.0 Å². The van der Waals surface area contributed by atoms with Crippen molar-refractivity contribution in [1.82, 2.24) is 0 Å². The number of carboxylic acid groups (broad SMARTS) is 1. The molecule has 13 nitrogen and oxygen atoms in total. The first-order valence-corrected chi connectivity index (χ1v) is 23.4. The number of hydrogen-bond acceptors (Lipinski definition) is 10. The molecule has 0 aliphatic heterocycles. The van der Waals surface area contributed by atoms with E-state index in [1.807, 2.05) is 0 Å². The summed E-state index contributed by atoms with van der Waals surface area (Å²) in [6.07, 6.45) is 2.02. The van der Waals surface area contributed by atoms with E-state index in [4.69, 9.17) is 13.6 Å². The molecular formula is C48H39F4LiN2O11S2. The van der Waals surface area contributed by atoms with Crippen LogP contribution < -0.4 is 27.5 Å². The Morgan fingerprint density at radius 3 is 1.31 bits per heavy atom. The van der Waals surface area contributed by atoms with Gasteiger partial charge in [0.15, 0.2) is 0 Å². The molecule has 2 heterocycles. The number of ether oxygens (including phenoxy) is 1.